The van der Waals surface area contributed by atoms with Crippen molar-refractivity contribution in [1.82, 2.24) is 9.38 Å². The topological polar surface area (TPSA) is 46.6 Å². The Labute approximate surface area is 127 Å². The molecule has 4 heteroatoms. The molecule has 0 spiro atoms. The minimum absolute atomic E-state index is 0.644. The van der Waals surface area contributed by atoms with E-state index in [1.165, 1.54) is 37.8 Å². The molecule has 0 saturated heterocycles. The van der Waals surface area contributed by atoms with E-state index in [0.29, 0.717) is 12.6 Å². The molecule has 114 valence electrons. The van der Waals surface area contributed by atoms with Gasteiger partial charge in [-0.25, -0.2) is 4.98 Å². The van der Waals surface area contributed by atoms with Crippen molar-refractivity contribution in [3.63, 3.8) is 0 Å². The first-order chi connectivity index (χ1) is 10.3. The first kappa shape index (κ1) is 14.4. The molecule has 1 fully saturated rings. The molecule has 21 heavy (non-hydrogen) atoms. The molecule has 1 aliphatic rings. The lowest BCUT2D eigenvalue weighted by molar-refractivity contribution is 0.416. The van der Waals surface area contributed by atoms with Crippen molar-refractivity contribution in [2.75, 3.05) is 18.0 Å². The van der Waals surface area contributed by atoms with Gasteiger partial charge in [-0.2, -0.15) is 0 Å². The van der Waals surface area contributed by atoms with Gasteiger partial charge in [-0.05, 0) is 38.4 Å². The molecule has 2 N–H and O–H groups in total. The van der Waals surface area contributed by atoms with Crippen molar-refractivity contribution >= 4 is 11.5 Å². The molecule has 1 aliphatic carbocycles. The summed E-state index contributed by atoms with van der Waals surface area (Å²) < 4.78 is 2.20. The number of nitrogens with zero attached hydrogens (tertiary/aromatic N) is 3. The van der Waals surface area contributed by atoms with Crippen LogP contribution < -0.4 is 10.6 Å². The number of anilines is 1. The van der Waals surface area contributed by atoms with Gasteiger partial charge in [0.2, 0.25) is 0 Å². The van der Waals surface area contributed by atoms with Crippen molar-refractivity contribution in [3.05, 3.63) is 30.1 Å². The van der Waals surface area contributed by atoms with Crippen LogP contribution in [0.5, 0.6) is 0 Å². The molecule has 0 amide bonds. The average Bonchev–Trinajstić information content (AvgIpc) is 2.89. The second kappa shape index (κ2) is 6.48. The second-order valence-electron chi connectivity index (χ2n) is 5.93. The highest BCUT2D eigenvalue weighted by molar-refractivity contribution is 5.56. The Morgan fingerprint density at radius 2 is 2.10 bits per heavy atom. The van der Waals surface area contributed by atoms with E-state index >= 15 is 0 Å². The molecule has 0 atom stereocenters. The van der Waals surface area contributed by atoms with Crippen LogP contribution in [0.3, 0.4) is 0 Å². The van der Waals surface area contributed by atoms with Crippen molar-refractivity contribution in [2.24, 2.45) is 5.73 Å². The van der Waals surface area contributed by atoms with E-state index in [0.717, 1.165) is 24.4 Å². The molecule has 0 bridgehead atoms. The van der Waals surface area contributed by atoms with E-state index in [9.17, 15) is 0 Å². The third kappa shape index (κ3) is 2.77. The summed E-state index contributed by atoms with van der Waals surface area (Å²) in [7, 11) is 0. The molecule has 1 saturated carbocycles. The van der Waals surface area contributed by atoms with Gasteiger partial charge in [-0.15, -0.1) is 0 Å². The van der Waals surface area contributed by atoms with Crippen molar-refractivity contribution in [1.29, 1.82) is 0 Å². The van der Waals surface area contributed by atoms with Crippen LogP contribution in [0.2, 0.25) is 0 Å². The van der Waals surface area contributed by atoms with Crippen LogP contribution in [0.4, 0.5) is 5.82 Å². The van der Waals surface area contributed by atoms with Crippen molar-refractivity contribution in [2.45, 2.75) is 51.5 Å². The van der Waals surface area contributed by atoms with Gasteiger partial charge in [0, 0.05) is 25.2 Å². The Kier molecular flexibility index (Phi) is 4.44. The summed E-state index contributed by atoms with van der Waals surface area (Å²) in [4.78, 5) is 7.42. The molecule has 2 aromatic heterocycles. The van der Waals surface area contributed by atoms with Gasteiger partial charge in [-0.3, -0.25) is 0 Å². The highest BCUT2D eigenvalue weighted by atomic mass is 15.2. The Morgan fingerprint density at radius 3 is 2.81 bits per heavy atom. The van der Waals surface area contributed by atoms with Crippen LogP contribution in [-0.4, -0.2) is 28.5 Å². The fraction of sp³-hybridized carbons (Fsp3) is 0.588. The summed E-state index contributed by atoms with van der Waals surface area (Å²) >= 11 is 0. The van der Waals surface area contributed by atoms with Crippen LogP contribution in [0.1, 0.15) is 44.7 Å². The third-order valence-corrected chi connectivity index (χ3v) is 4.62. The predicted molar refractivity (Wildman–Crippen MR) is 87.8 cm³/mol. The van der Waals surface area contributed by atoms with E-state index in [1.807, 2.05) is 0 Å². The van der Waals surface area contributed by atoms with Gasteiger partial charge in [-0.1, -0.05) is 25.3 Å². The summed E-state index contributed by atoms with van der Waals surface area (Å²) in [6.45, 7) is 3.93. The lowest BCUT2D eigenvalue weighted by atomic mass is 9.94. The highest BCUT2D eigenvalue weighted by Crippen LogP contribution is 2.29. The van der Waals surface area contributed by atoms with E-state index < -0.39 is 0 Å². The predicted octanol–water partition coefficient (Wildman–Crippen LogP) is 2.99. The smallest absolute Gasteiger partial charge is 0.151 e. The van der Waals surface area contributed by atoms with E-state index in [2.05, 4.69) is 40.6 Å². The summed E-state index contributed by atoms with van der Waals surface area (Å²) in [5.41, 5.74) is 8.14. The Balaban J connectivity index is 2.01. The minimum atomic E-state index is 0.644. The van der Waals surface area contributed by atoms with Crippen LogP contribution >= 0.6 is 0 Å². The molecule has 0 radical (unpaired) electrons. The largest absolute Gasteiger partial charge is 0.352 e. The van der Waals surface area contributed by atoms with E-state index in [-0.39, 0.29) is 0 Å². The van der Waals surface area contributed by atoms with Gasteiger partial charge >= 0.3 is 0 Å². The zero-order chi connectivity index (χ0) is 14.7. The molecule has 2 aromatic rings. The lowest BCUT2D eigenvalue weighted by Crippen LogP contribution is -2.37. The zero-order valence-electron chi connectivity index (χ0n) is 13.0. The number of nitrogens with two attached hydrogens (primary N) is 1. The third-order valence-electron chi connectivity index (χ3n) is 4.62. The van der Waals surface area contributed by atoms with Crippen LogP contribution in [0, 0.1) is 0 Å². The second-order valence-corrected chi connectivity index (χ2v) is 5.93. The summed E-state index contributed by atoms with van der Waals surface area (Å²) in [5, 5.41) is 0. The quantitative estimate of drug-likeness (QED) is 0.919. The molecule has 0 unspecified atom stereocenters. The molecule has 4 nitrogen and oxygen atoms in total. The number of hydrogen-bond acceptors (Lipinski definition) is 3. The van der Waals surface area contributed by atoms with Gasteiger partial charge < -0.3 is 15.0 Å². The maximum Gasteiger partial charge on any atom is 0.151 e. The fourth-order valence-electron chi connectivity index (χ4n) is 3.61. The molecule has 2 heterocycles. The summed E-state index contributed by atoms with van der Waals surface area (Å²) in [6.07, 6.45) is 9.65. The Hall–Kier alpha value is -1.55. The summed E-state index contributed by atoms with van der Waals surface area (Å²) in [6, 6.07) is 6.84. The number of pyridine rings is 1. The fourth-order valence-corrected chi connectivity index (χ4v) is 3.61. The number of hydrogen-bond donors (Lipinski definition) is 1. The van der Waals surface area contributed by atoms with Gasteiger partial charge in [0.05, 0.1) is 5.69 Å². The maximum absolute atomic E-state index is 5.84. The van der Waals surface area contributed by atoms with Crippen LogP contribution in [0.15, 0.2) is 24.4 Å². The lowest BCUT2D eigenvalue weighted by Gasteiger charge is -2.34. The first-order valence-corrected chi connectivity index (χ1v) is 8.27. The van der Waals surface area contributed by atoms with Crippen molar-refractivity contribution < 1.29 is 0 Å². The zero-order valence-corrected chi connectivity index (χ0v) is 13.0. The summed E-state index contributed by atoms with van der Waals surface area (Å²) in [5.74, 6) is 1.15. The molecule has 3 rings (SSSR count). The molecule has 0 aromatic carbocycles. The Bertz CT molecular complexity index is 583. The number of aromatic nitrogens is 2. The standard InChI is InChI=1S/C17H26N4/c1-2-20(14-8-4-3-5-9-14)17-15(11-12-18)21-13-7-6-10-16(21)19-17/h6-7,10,13-14H,2-5,8-9,11-12,18H2,1H3. The maximum atomic E-state index is 5.84. The average molecular weight is 286 g/mol. The number of imidazole rings is 1. The van der Waals surface area contributed by atoms with Gasteiger partial charge in [0.25, 0.3) is 0 Å². The SMILES string of the molecule is CCN(c1nc2ccccn2c1CCN)C1CCCCC1. The minimum Gasteiger partial charge on any atom is -0.352 e. The highest BCUT2D eigenvalue weighted by Gasteiger charge is 2.25. The molecule has 0 aliphatic heterocycles. The Morgan fingerprint density at radius 1 is 1.29 bits per heavy atom. The van der Waals surface area contributed by atoms with Gasteiger partial charge in [0.1, 0.15) is 5.65 Å². The van der Waals surface area contributed by atoms with Crippen molar-refractivity contribution in [3.8, 4) is 0 Å². The van der Waals surface area contributed by atoms with Crippen LogP contribution in [-0.2, 0) is 6.42 Å². The monoisotopic (exact) mass is 286 g/mol. The number of rotatable bonds is 5. The number of fused-ring (bicyclic) bond motifs is 1. The normalized spacial score (nSPS) is 16.5. The molecular weight excluding hydrogens is 260 g/mol. The van der Waals surface area contributed by atoms with Gasteiger partial charge in [0.15, 0.2) is 5.82 Å². The molecular formula is C17H26N4. The van der Waals surface area contributed by atoms with Crippen LogP contribution in [0.25, 0.3) is 5.65 Å². The first-order valence-electron chi connectivity index (χ1n) is 8.27. The van der Waals surface area contributed by atoms with E-state index in [1.54, 1.807) is 0 Å². The van der Waals surface area contributed by atoms with E-state index in [4.69, 9.17) is 10.7 Å².